The fourth-order valence-electron chi connectivity index (χ4n) is 0.990. The third-order valence-corrected chi connectivity index (χ3v) is 1.73. The van der Waals surface area contributed by atoms with E-state index in [4.69, 9.17) is 26.0 Å². The Hall–Kier alpha value is -0.890. The van der Waals surface area contributed by atoms with Crippen LogP contribution in [0.2, 0.25) is 0 Å². The van der Waals surface area contributed by atoms with Gasteiger partial charge in [-0.25, -0.2) is 0 Å². The molecular formula is C5H9N3O5. The van der Waals surface area contributed by atoms with Crippen LogP contribution >= 0.6 is 0 Å². The topological polar surface area (TPSA) is 139 Å². The van der Waals surface area contributed by atoms with Gasteiger partial charge in [-0.3, -0.25) is 0 Å². The molecule has 0 unspecified atom stereocenters. The first kappa shape index (κ1) is 10.2. The van der Waals surface area contributed by atoms with Gasteiger partial charge >= 0.3 is 0 Å². The highest BCUT2D eigenvalue weighted by atomic mass is 16.6. The van der Waals surface area contributed by atoms with E-state index < -0.39 is 30.8 Å². The van der Waals surface area contributed by atoms with E-state index in [9.17, 15) is 0 Å². The number of aliphatic hydroxyl groups is 4. The molecule has 1 rings (SSSR count). The highest BCUT2D eigenvalue weighted by Crippen LogP contribution is 2.20. The molecule has 0 aromatic rings. The number of hydrogen-bond acceptors (Lipinski definition) is 6. The van der Waals surface area contributed by atoms with E-state index in [1.165, 1.54) is 0 Å². The predicted molar refractivity (Wildman–Crippen MR) is 38.0 cm³/mol. The normalized spacial score (nSPS) is 45.4. The summed E-state index contributed by atoms with van der Waals surface area (Å²) in [5.41, 5.74) is 8.02. The molecule has 1 heterocycles. The lowest BCUT2D eigenvalue weighted by atomic mass is 10.0. The zero-order valence-corrected chi connectivity index (χ0v) is 6.43. The molecule has 0 spiro atoms. The van der Waals surface area contributed by atoms with Crippen LogP contribution in [0.25, 0.3) is 10.4 Å². The number of ether oxygens (including phenoxy) is 1. The number of aliphatic hydroxyl groups excluding tert-OH is 4. The maximum Gasteiger partial charge on any atom is 0.184 e. The van der Waals surface area contributed by atoms with Crippen LogP contribution in [0.5, 0.6) is 0 Å². The number of rotatable bonds is 1. The predicted octanol–water partition coefficient (Wildman–Crippen LogP) is -1.95. The van der Waals surface area contributed by atoms with Gasteiger partial charge in [0.1, 0.15) is 18.3 Å². The minimum absolute atomic E-state index is 1.39. The van der Waals surface area contributed by atoms with Crippen LogP contribution in [0.3, 0.4) is 0 Å². The van der Waals surface area contributed by atoms with Crippen molar-refractivity contribution in [2.75, 3.05) is 0 Å². The van der Waals surface area contributed by atoms with E-state index in [0.717, 1.165) is 0 Å². The van der Waals surface area contributed by atoms with Crippen LogP contribution in [-0.2, 0) is 4.74 Å². The SMILES string of the molecule is [N-]=[N+]=N[C@H]1O[C@H](O)[C@@H](O)[C@H](O)[C@@H]1O. The number of nitrogens with zero attached hydrogens (tertiary/aromatic N) is 3. The highest BCUT2D eigenvalue weighted by molar-refractivity contribution is 4.87. The highest BCUT2D eigenvalue weighted by Gasteiger charge is 2.42. The summed E-state index contributed by atoms with van der Waals surface area (Å²) in [6.07, 6.45) is -7.82. The lowest BCUT2D eigenvalue weighted by Crippen LogP contribution is -2.56. The molecule has 8 nitrogen and oxygen atoms in total. The molecule has 5 atom stereocenters. The maximum absolute atomic E-state index is 9.15. The summed E-state index contributed by atoms with van der Waals surface area (Å²) in [5, 5.41) is 39.1. The minimum Gasteiger partial charge on any atom is -0.387 e. The second-order valence-electron chi connectivity index (χ2n) is 2.59. The molecule has 0 aliphatic carbocycles. The lowest BCUT2D eigenvalue weighted by Gasteiger charge is -2.36. The van der Waals surface area contributed by atoms with Gasteiger partial charge in [-0.05, 0) is 5.53 Å². The van der Waals surface area contributed by atoms with E-state index in [-0.39, 0.29) is 0 Å². The van der Waals surface area contributed by atoms with E-state index >= 15 is 0 Å². The molecule has 74 valence electrons. The summed E-state index contributed by atoms with van der Waals surface area (Å²) in [6.45, 7) is 0. The molecule has 1 aliphatic heterocycles. The Balaban J connectivity index is 2.75. The molecule has 4 N–H and O–H groups in total. The Kier molecular flexibility index (Phi) is 3.04. The Morgan fingerprint density at radius 2 is 1.69 bits per heavy atom. The zero-order valence-electron chi connectivity index (χ0n) is 6.43. The van der Waals surface area contributed by atoms with Crippen LogP contribution < -0.4 is 0 Å². The molecule has 0 aromatic carbocycles. The fourth-order valence-corrected chi connectivity index (χ4v) is 0.990. The van der Waals surface area contributed by atoms with Gasteiger partial charge in [0.2, 0.25) is 0 Å². The van der Waals surface area contributed by atoms with Gasteiger partial charge in [0.25, 0.3) is 0 Å². The van der Waals surface area contributed by atoms with Crippen molar-refractivity contribution in [3.63, 3.8) is 0 Å². The zero-order chi connectivity index (χ0) is 10.0. The van der Waals surface area contributed by atoms with Gasteiger partial charge in [-0.2, -0.15) is 0 Å². The van der Waals surface area contributed by atoms with Crippen molar-refractivity contribution in [1.29, 1.82) is 0 Å². The second-order valence-corrected chi connectivity index (χ2v) is 2.59. The molecule has 0 aromatic heterocycles. The summed E-state index contributed by atoms with van der Waals surface area (Å²) in [4.78, 5) is 2.34. The first-order chi connectivity index (χ1) is 6.07. The Bertz CT molecular complexity index is 230. The van der Waals surface area contributed by atoms with Crippen molar-refractivity contribution < 1.29 is 25.2 Å². The summed E-state index contributed by atoms with van der Waals surface area (Å²) in [7, 11) is 0. The van der Waals surface area contributed by atoms with Crippen LogP contribution in [0.15, 0.2) is 5.11 Å². The van der Waals surface area contributed by atoms with Crippen molar-refractivity contribution in [2.24, 2.45) is 5.11 Å². The fraction of sp³-hybridized carbons (Fsp3) is 1.00. The van der Waals surface area contributed by atoms with E-state index in [1.807, 2.05) is 0 Å². The van der Waals surface area contributed by atoms with Gasteiger partial charge in [-0.1, -0.05) is 5.11 Å². The Morgan fingerprint density at radius 3 is 2.23 bits per heavy atom. The van der Waals surface area contributed by atoms with Crippen LogP contribution in [0, 0.1) is 0 Å². The molecule has 1 saturated heterocycles. The molecule has 0 amide bonds. The average Bonchev–Trinajstić information content (AvgIpc) is 2.11. The summed E-state index contributed by atoms with van der Waals surface area (Å²) < 4.78 is 4.50. The van der Waals surface area contributed by atoms with Crippen molar-refractivity contribution in [3.05, 3.63) is 10.4 Å². The van der Waals surface area contributed by atoms with Crippen molar-refractivity contribution in [3.8, 4) is 0 Å². The molecule has 0 bridgehead atoms. The smallest absolute Gasteiger partial charge is 0.184 e. The monoisotopic (exact) mass is 191 g/mol. The third-order valence-electron chi connectivity index (χ3n) is 1.73. The molecular weight excluding hydrogens is 182 g/mol. The van der Waals surface area contributed by atoms with Crippen molar-refractivity contribution in [1.82, 2.24) is 0 Å². The average molecular weight is 191 g/mol. The molecule has 1 fully saturated rings. The number of hydrogen-bond donors (Lipinski definition) is 4. The van der Waals surface area contributed by atoms with Crippen LogP contribution in [0.4, 0.5) is 0 Å². The van der Waals surface area contributed by atoms with Crippen molar-refractivity contribution in [2.45, 2.75) is 30.8 Å². The maximum atomic E-state index is 9.15. The van der Waals surface area contributed by atoms with Crippen LogP contribution in [0.1, 0.15) is 0 Å². The number of azide groups is 1. The van der Waals surface area contributed by atoms with E-state index in [1.54, 1.807) is 0 Å². The summed E-state index contributed by atoms with van der Waals surface area (Å²) >= 11 is 0. The van der Waals surface area contributed by atoms with Crippen molar-refractivity contribution >= 4 is 0 Å². The third kappa shape index (κ3) is 1.89. The van der Waals surface area contributed by atoms with E-state index in [2.05, 4.69) is 14.8 Å². The minimum atomic E-state index is -1.67. The van der Waals surface area contributed by atoms with Gasteiger partial charge in [0.15, 0.2) is 12.5 Å². The quantitative estimate of drug-likeness (QED) is 0.217. The van der Waals surface area contributed by atoms with E-state index in [0.29, 0.717) is 0 Å². The molecule has 1 aliphatic rings. The summed E-state index contributed by atoms with van der Waals surface area (Å²) in [5.74, 6) is 0. The lowest BCUT2D eigenvalue weighted by molar-refractivity contribution is -0.280. The largest absolute Gasteiger partial charge is 0.387 e. The van der Waals surface area contributed by atoms with Crippen LogP contribution in [-0.4, -0.2) is 51.3 Å². The first-order valence-electron chi connectivity index (χ1n) is 3.50. The standard InChI is InChI=1S/C5H9N3O5/c6-8-7-4-2(10)1(9)3(11)5(12)13-4/h1-5,9-12H/t1-,2+,3+,4+,5+/m1/s1. The first-order valence-corrected chi connectivity index (χ1v) is 3.50. The molecule has 8 heteroatoms. The van der Waals surface area contributed by atoms with Gasteiger partial charge in [0, 0.05) is 4.91 Å². The summed E-state index contributed by atoms with van der Waals surface area (Å²) in [6, 6.07) is 0. The Morgan fingerprint density at radius 1 is 1.08 bits per heavy atom. The molecule has 13 heavy (non-hydrogen) atoms. The van der Waals surface area contributed by atoms with Gasteiger partial charge in [0.05, 0.1) is 0 Å². The van der Waals surface area contributed by atoms with Gasteiger partial charge < -0.3 is 25.2 Å². The molecule has 0 radical (unpaired) electrons. The second kappa shape index (κ2) is 3.88. The van der Waals surface area contributed by atoms with Gasteiger partial charge in [-0.15, -0.1) is 0 Å². The molecule has 0 saturated carbocycles. The Labute approximate surface area is 72.6 Å².